The van der Waals surface area contributed by atoms with E-state index in [-0.39, 0.29) is 0 Å². The molecule has 0 heterocycles. The molecule has 0 aromatic carbocycles. The average molecular weight is 212 g/mol. The van der Waals surface area contributed by atoms with E-state index in [1.54, 1.807) is 5.01 Å². The first-order valence-electron chi connectivity index (χ1n) is 6.15. The molecule has 1 unspecified atom stereocenters. The maximum absolute atomic E-state index is 5.85. The molecule has 0 aliphatic rings. The van der Waals surface area contributed by atoms with E-state index in [2.05, 4.69) is 40.7 Å². The minimum Gasteiger partial charge on any atom is -0.318 e. The lowest BCUT2D eigenvalue weighted by Crippen LogP contribution is -2.29. The highest BCUT2D eigenvalue weighted by Crippen LogP contribution is 2.16. The van der Waals surface area contributed by atoms with Crippen molar-refractivity contribution in [2.75, 3.05) is 6.54 Å². The zero-order valence-electron chi connectivity index (χ0n) is 11.0. The van der Waals surface area contributed by atoms with Gasteiger partial charge in [-0.05, 0) is 30.6 Å². The van der Waals surface area contributed by atoms with Crippen LogP contribution in [0, 0.1) is 17.8 Å². The highest BCUT2D eigenvalue weighted by molar-refractivity contribution is 4.87. The van der Waals surface area contributed by atoms with Gasteiger partial charge in [-0.15, -0.1) is 0 Å². The first-order chi connectivity index (χ1) is 6.95. The monoisotopic (exact) mass is 212 g/mol. The van der Waals surface area contributed by atoms with Gasteiger partial charge in [0.25, 0.3) is 0 Å². The highest BCUT2D eigenvalue weighted by atomic mass is 15.4. The number of nitrogens with two attached hydrogens (primary N) is 1. The van der Waals surface area contributed by atoms with Crippen LogP contribution >= 0.6 is 0 Å². The first kappa shape index (κ1) is 14.5. The standard InChI is InChI=1S/C13H28N2/c1-6-13(9-11(2)3)7-8-15(14)10-12(4)5/h7-8,11-13H,6,9-10,14H2,1-5H3/b8-7-. The van der Waals surface area contributed by atoms with Crippen molar-refractivity contribution in [2.24, 2.45) is 23.6 Å². The molecule has 90 valence electrons. The summed E-state index contributed by atoms with van der Waals surface area (Å²) in [6.07, 6.45) is 6.74. The number of hydrogen-bond acceptors (Lipinski definition) is 2. The van der Waals surface area contributed by atoms with Gasteiger partial charge in [0.2, 0.25) is 0 Å². The lowest BCUT2D eigenvalue weighted by atomic mass is 9.95. The lowest BCUT2D eigenvalue weighted by Gasteiger charge is -2.18. The second-order valence-corrected chi connectivity index (χ2v) is 5.23. The van der Waals surface area contributed by atoms with E-state index < -0.39 is 0 Å². The van der Waals surface area contributed by atoms with Crippen LogP contribution in [-0.4, -0.2) is 11.6 Å². The Kier molecular flexibility index (Phi) is 7.49. The summed E-state index contributed by atoms with van der Waals surface area (Å²) in [6.45, 7) is 12.1. The molecule has 2 heteroatoms. The van der Waals surface area contributed by atoms with Gasteiger partial charge in [0.1, 0.15) is 0 Å². The average Bonchev–Trinajstić information content (AvgIpc) is 2.10. The van der Waals surface area contributed by atoms with Crippen LogP contribution < -0.4 is 5.84 Å². The molecule has 15 heavy (non-hydrogen) atoms. The quantitative estimate of drug-likeness (QED) is 0.517. The van der Waals surface area contributed by atoms with E-state index in [1.165, 1.54) is 12.8 Å². The Morgan fingerprint density at radius 3 is 2.13 bits per heavy atom. The fraction of sp³-hybridized carbons (Fsp3) is 0.846. The van der Waals surface area contributed by atoms with Crippen LogP contribution in [-0.2, 0) is 0 Å². The summed E-state index contributed by atoms with van der Waals surface area (Å²) in [5, 5.41) is 1.80. The zero-order valence-corrected chi connectivity index (χ0v) is 11.0. The summed E-state index contributed by atoms with van der Waals surface area (Å²) in [7, 11) is 0. The van der Waals surface area contributed by atoms with Crippen LogP contribution in [0.25, 0.3) is 0 Å². The largest absolute Gasteiger partial charge is 0.318 e. The normalized spacial score (nSPS) is 14.1. The van der Waals surface area contributed by atoms with E-state index in [1.807, 2.05) is 6.20 Å². The van der Waals surface area contributed by atoms with Crippen molar-refractivity contribution in [3.63, 3.8) is 0 Å². The van der Waals surface area contributed by atoms with Crippen molar-refractivity contribution in [3.8, 4) is 0 Å². The molecule has 0 aromatic heterocycles. The maximum atomic E-state index is 5.85. The zero-order chi connectivity index (χ0) is 11.8. The molecule has 0 fully saturated rings. The molecule has 0 spiro atoms. The molecule has 0 aromatic rings. The molecule has 0 radical (unpaired) electrons. The number of rotatable bonds is 7. The topological polar surface area (TPSA) is 29.3 Å². The van der Waals surface area contributed by atoms with Crippen LogP contribution in [0.4, 0.5) is 0 Å². The summed E-state index contributed by atoms with van der Waals surface area (Å²) < 4.78 is 0. The summed E-state index contributed by atoms with van der Waals surface area (Å²) in [5.74, 6) is 7.90. The number of hydrazine groups is 1. The van der Waals surface area contributed by atoms with E-state index in [4.69, 9.17) is 5.84 Å². The molecule has 0 aliphatic carbocycles. The molecule has 2 nitrogen and oxygen atoms in total. The van der Waals surface area contributed by atoms with Crippen LogP contribution in [0.15, 0.2) is 12.3 Å². The van der Waals surface area contributed by atoms with Crippen molar-refractivity contribution in [3.05, 3.63) is 12.3 Å². The van der Waals surface area contributed by atoms with Crippen molar-refractivity contribution >= 4 is 0 Å². The Morgan fingerprint density at radius 1 is 1.13 bits per heavy atom. The highest BCUT2D eigenvalue weighted by Gasteiger charge is 2.05. The van der Waals surface area contributed by atoms with Crippen LogP contribution in [0.5, 0.6) is 0 Å². The van der Waals surface area contributed by atoms with Gasteiger partial charge in [-0.3, -0.25) is 0 Å². The molecule has 0 saturated carbocycles. The summed E-state index contributed by atoms with van der Waals surface area (Å²) in [4.78, 5) is 0. The van der Waals surface area contributed by atoms with E-state index >= 15 is 0 Å². The molecule has 0 bridgehead atoms. The van der Waals surface area contributed by atoms with Gasteiger partial charge < -0.3 is 5.01 Å². The molecule has 0 rings (SSSR count). The minimum atomic E-state index is 0.616. The third-order valence-corrected chi connectivity index (χ3v) is 2.42. The maximum Gasteiger partial charge on any atom is 0.0358 e. The Bertz CT molecular complexity index is 173. The summed E-state index contributed by atoms with van der Waals surface area (Å²) in [5.41, 5.74) is 0. The summed E-state index contributed by atoms with van der Waals surface area (Å²) in [6, 6.07) is 0. The molecular weight excluding hydrogens is 184 g/mol. The molecule has 0 amide bonds. The Labute approximate surface area is 95.5 Å². The lowest BCUT2D eigenvalue weighted by molar-refractivity contribution is 0.337. The summed E-state index contributed by atoms with van der Waals surface area (Å²) >= 11 is 0. The third kappa shape index (κ3) is 8.49. The molecule has 0 saturated heterocycles. The van der Waals surface area contributed by atoms with Crippen LogP contribution in [0.2, 0.25) is 0 Å². The number of nitrogens with zero attached hydrogens (tertiary/aromatic N) is 1. The smallest absolute Gasteiger partial charge is 0.0358 e. The van der Waals surface area contributed by atoms with Crippen molar-refractivity contribution in [2.45, 2.75) is 47.5 Å². The van der Waals surface area contributed by atoms with Crippen molar-refractivity contribution < 1.29 is 0 Å². The second-order valence-electron chi connectivity index (χ2n) is 5.23. The van der Waals surface area contributed by atoms with E-state index in [0.717, 1.165) is 12.5 Å². The van der Waals surface area contributed by atoms with Crippen molar-refractivity contribution in [1.82, 2.24) is 5.01 Å². The van der Waals surface area contributed by atoms with Gasteiger partial charge in [-0.2, -0.15) is 0 Å². The van der Waals surface area contributed by atoms with Gasteiger partial charge in [-0.25, -0.2) is 5.84 Å². The second kappa shape index (κ2) is 7.75. The van der Waals surface area contributed by atoms with Gasteiger partial charge in [-0.1, -0.05) is 40.7 Å². The Morgan fingerprint density at radius 2 is 1.73 bits per heavy atom. The van der Waals surface area contributed by atoms with Crippen LogP contribution in [0.3, 0.4) is 0 Å². The minimum absolute atomic E-state index is 0.616. The van der Waals surface area contributed by atoms with Gasteiger partial charge in [0.15, 0.2) is 0 Å². The Balaban J connectivity index is 3.98. The van der Waals surface area contributed by atoms with Gasteiger partial charge in [0.05, 0.1) is 0 Å². The fourth-order valence-electron chi connectivity index (χ4n) is 1.70. The van der Waals surface area contributed by atoms with E-state index in [0.29, 0.717) is 11.8 Å². The predicted octanol–water partition coefficient (Wildman–Crippen LogP) is 3.40. The van der Waals surface area contributed by atoms with Gasteiger partial charge >= 0.3 is 0 Å². The predicted molar refractivity (Wildman–Crippen MR) is 68.1 cm³/mol. The molecule has 2 N–H and O–H groups in total. The fourth-order valence-corrected chi connectivity index (χ4v) is 1.70. The van der Waals surface area contributed by atoms with Crippen LogP contribution in [0.1, 0.15) is 47.5 Å². The van der Waals surface area contributed by atoms with Gasteiger partial charge in [0, 0.05) is 12.7 Å². The first-order valence-corrected chi connectivity index (χ1v) is 6.15. The third-order valence-electron chi connectivity index (χ3n) is 2.42. The molecular formula is C13H28N2. The molecule has 0 aliphatic heterocycles. The number of hydrogen-bond donors (Lipinski definition) is 1. The van der Waals surface area contributed by atoms with E-state index in [9.17, 15) is 0 Å². The number of allylic oxidation sites excluding steroid dienone is 1. The SMILES string of the molecule is CCC(/C=C\N(N)CC(C)C)CC(C)C. The molecule has 1 atom stereocenters. The Hall–Kier alpha value is -0.500. The van der Waals surface area contributed by atoms with Crippen molar-refractivity contribution in [1.29, 1.82) is 0 Å².